The van der Waals surface area contributed by atoms with E-state index in [9.17, 15) is 0 Å². The second-order valence-corrected chi connectivity index (χ2v) is 4.19. The minimum absolute atomic E-state index is 0.916. The summed E-state index contributed by atoms with van der Waals surface area (Å²) in [5, 5.41) is 3.45. The highest BCUT2D eigenvalue weighted by atomic mass is 32.1. The smallest absolute Gasteiger partial charge is 0.0575 e. The van der Waals surface area contributed by atoms with Gasteiger partial charge in [-0.25, -0.2) is 0 Å². The predicted octanol–water partition coefficient (Wildman–Crippen LogP) is 3.35. The highest BCUT2D eigenvalue weighted by molar-refractivity contribution is 7.17. The fourth-order valence-corrected chi connectivity index (χ4v) is 2.69. The van der Waals surface area contributed by atoms with Crippen LogP contribution >= 0.6 is 11.3 Å². The van der Waals surface area contributed by atoms with Gasteiger partial charge in [0.1, 0.15) is 0 Å². The standard InChI is InChI=1S/C11H13NS/c1-3-8-7(2)6-10(12)11-9(8)4-5-13-11/h4-6H,3,12H2,1-2H3. The van der Waals surface area contributed by atoms with E-state index in [1.54, 1.807) is 11.3 Å². The molecule has 13 heavy (non-hydrogen) atoms. The molecule has 0 saturated heterocycles. The number of thiophene rings is 1. The monoisotopic (exact) mass is 191 g/mol. The second kappa shape index (κ2) is 3.04. The molecule has 2 N–H and O–H groups in total. The third-order valence-electron chi connectivity index (χ3n) is 2.45. The minimum Gasteiger partial charge on any atom is -0.398 e. The lowest BCUT2D eigenvalue weighted by Gasteiger charge is -2.06. The molecule has 2 rings (SSSR count). The Kier molecular flexibility index (Phi) is 2.00. The molecule has 0 bridgehead atoms. The molecule has 2 aromatic rings. The fourth-order valence-electron chi connectivity index (χ4n) is 1.84. The summed E-state index contributed by atoms with van der Waals surface area (Å²) in [6, 6.07) is 4.25. The Morgan fingerprint density at radius 3 is 2.92 bits per heavy atom. The van der Waals surface area contributed by atoms with E-state index < -0.39 is 0 Å². The van der Waals surface area contributed by atoms with Crippen molar-refractivity contribution < 1.29 is 0 Å². The number of anilines is 1. The van der Waals surface area contributed by atoms with Crippen molar-refractivity contribution in [3.05, 3.63) is 28.6 Å². The summed E-state index contributed by atoms with van der Waals surface area (Å²) in [7, 11) is 0. The van der Waals surface area contributed by atoms with Crippen LogP contribution in [0.3, 0.4) is 0 Å². The zero-order chi connectivity index (χ0) is 9.42. The normalized spacial score (nSPS) is 10.9. The van der Waals surface area contributed by atoms with Gasteiger partial charge in [0.05, 0.1) is 4.70 Å². The molecule has 0 aliphatic carbocycles. The quantitative estimate of drug-likeness (QED) is 0.687. The summed E-state index contributed by atoms with van der Waals surface area (Å²) in [4.78, 5) is 0. The van der Waals surface area contributed by atoms with Crippen LogP contribution in [0.5, 0.6) is 0 Å². The lowest BCUT2D eigenvalue weighted by atomic mass is 10.0. The van der Waals surface area contributed by atoms with E-state index in [4.69, 9.17) is 5.73 Å². The Morgan fingerprint density at radius 2 is 2.23 bits per heavy atom. The summed E-state index contributed by atoms with van der Waals surface area (Å²) < 4.78 is 1.24. The van der Waals surface area contributed by atoms with Crippen molar-refractivity contribution in [1.82, 2.24) is 0 Å². The molecule has 1 heterocycles. The topological polar surface area (TPSA) is 26.0 Å². The first kappa shape index (κ1) is 8.57. The first-order valence-corrected chi connectivity index (χ1v) is 5.37. The molecule has 1 nitrogen and oxygen atoms in total. The Morgan fingerprint density at radius 1 is 1.46 bits per heavy atom. The summed E-state index contributed by atoms with van der Waals surface area (Å²) in [5.41, 5.74) is 9.60. The zero-order valence-corrected chi connectivity index (χ0v) is 8.74. The van der Waals surface area contributed by atoms with Gasteiger partial charge in [-0.05, 0) is 47.4 Å². The SMILES string of the molecule is CCc1c(C)cc(N)c2sccc12. The van der Waals surface area contributed by atoms with E-state index in [-0.39, 0.29) is 0 Å². The highest BCUT2D eigenvalue weighted by Gasteiger charge is 2.06. The predicted molar refractivity (Wildman–Crippen MR) is 60.4 cm³/mol. The van der Waals surface area contributed by atoms with E-state index in [0.29, 0.717) is 0 Å². The average molecular weight is 191 g/mol. The fraction of sp³-hybridized carbons (Fsp3) is 0.273. The van der Waals surface area contributed by atoms with Crippen LogP contribution in [-0.4, -0.2) is 0 Å². The Labute approximate surface area is 82.2 Å². The maximum atomic E-state index is 5.94. The molecule has 0 saturated carbocycles. The van der Waals surface area contributed by atoms with Crippen LogP contribution < -0.4 is 5.73 Å². The van der Waals surface area contributed by atoms with Crippen LogP contribution in [-0.2, 0) is 6.42 Å². The van der Waals surface area contributed by atoms with E-state index in [1.165, 1.54) is 21.2 Å². The molecule has 0 spiro atoms. The molecule has 0 fully saturated rings. The number of hydrogen-bond donors (Lipinski definition) is 1. The van der Waals surface area contributed by atoms with Gasteiger partial charge in [0, 0.05) is 5.69 Å². The van der Waals surface area contributed by atoms with Crippen LogP contribution in [0.25, 0.3) is 10.1 Å². The van der Waals surface area contributed by atoms with Crippen molar-refractivity contribution in [1.29, 1.82) is 0 Å². The Bertz CT molecular complexity index is 443. The number of fused-ring (bicyclic) bond motifs is 1. The van der Waals surface area contributed by atoms with Crippen LogP contribution in [0.2, 0.25) is 0 Å². The van der Waals surface area contributed by atoms with Gasteiger partial charge in [0.25, 0.3) is 0 Å². The van der Waals surface area contributed by atoms with Gasteiger partial charge < -0.3 is 5.73 Å². The molecule has 0 amide bonds. The van der Waals surface area contributed by atoms with Crippen LogP contribution in [0.15, 0.2) is 17.5 Å². The number of benzene rings is 1. The summed E-state index contributed by atoms with van der Waals surface area (Å²) in [6.07, 6.45) is 1.08. The molecule has 68 valence electrons. The van der Waals surface area contributed by atoms with Crippen molar-refractivity contribution in [2.75, 3.05) is 5.73 Å². The van der Waals surface area contributed by atoms with E-state index in [0.717, 1.165) is 12.1 Å². The number of rotatable bonds is 1. The number of aryl methyl sites for hydroxylation is 2. The van der Waals surface area contributed by atoms with Crippen molar-refractivity contribution in [3.63, 3.8) is 0 Å². The molecule has 0 atom stereocenters. The second-order valence-electron chi connectivity index (χ2n) is 3.28. The molecule has 0 aliphatic rings. The molecule has 0 aliphatic heterocycles. The van der Waals surface area contributed by atoms with Crippen LogP contribution in [0.1, 0.15) is 18.1 Å². The average Bonchev–Trinajstić information content (AvgIpc) is 2.53. The number of nitrogen functional groups attached to an aromatic ring is 1. The molecule has 0 unspecified atom stereocenters. The maximum absolute atomic E-state index is 5.94. The lowest BCUT2D eigenvalue weighted by molar-refractivity contribution is 1.13. The Balaban J connectivity index is 2.88. The van der Waals surface area contributed by atoms with Crippen LogP contribution in [0, 0.1) is 6.92 Å². The molecule has 0 radical (unpaired) electrons. The zero-order valence-electron chi connectivity index (χ0n) is 7.92. The van der Waals surface area contributed by atoms with Crippen molar-refractivity contribution in [2.45, 2.75) is 20.3 Å². The summed E-state index contributed by atoms with van der Waals surface area (Å²) in [6.45, 7) is 4.32. The first-order chi connectivity index (χ1) is 6.24. The third kappa shape index (κ3) is 1.22. The summed E-state index contributed by atoms with van der Waals surface area (Å²) >= 11 is 1.73. The van der Waals surface area contributed by atoms with Gasteiger partial charge in [-0.15, -0.1) is 11.3 Å². The van der Waals surface area contributed by atoms with Crippen LogP contribution in [0.4, 0.5) is 5.69 Å². The minimum atomic E-state index is 0.916. The molecule has 1 aromatic carbocycles. The third-order valence-corrected chi connectivity index (χ3v) is 3.42. The van der Waals surface area contributed by atoms with Crippen molar-refractivity contribution in [2.24, 2.45) is 0 Å². The maximum Gasteiger partial charge on any atom is 0.0575 e. The largest absolute Gasteiger partial charge is 0.398 e. The van der Waals surface area contributed by atoms with E-state index in [2.05, 4.69) is 31.4 Å². The van der Waals surface area contributed by atoms with Gasteiger partial charge >= 0.3 is 0 Å². The molecular formula is C11H13NS. The van der Waals surface area contributed by atoms with Gasteiger partial charge in [-0.2, -0.15) is 0 Å². The van der Waals surface area contributed by atoms with Gasteiger partial charge in [0.2, 0.25) is 0 Å². The van der Waals surface area contributed by atoms with Gasteiger partial charge in [0.15, 0.2) is 0 Å². The first-order valence-electron chi connectivity index (χ1n) is 4.49. The summed E-state index contributed by atoms with van der Waals surface area (Å²) in [5.74, 6) is 0. The lowest BCUT2D eigenvalue weighted by Crippen LogP contribution is -1.92. The Hall–Kier alpha value is -1.02. The molecule has 2 heteroatoms. The number of nitrogens with two attached hydrogens (primary N) is 1. The highest BCUT2D eigenvalue weighted by Crippen LogP contribution is 2.32. The van der Waals surface area contributed by atoms with Gasteiger partial charge in [-0.1, -0.05) is 6.92 Å². The van der Waals surface area contributed by atoms with Crippen molar-refractivity contribution >= 4 is 27.1 Å². The molecule has 1 aromatic heterocycles. The number of hydrogen-bond acceptors (Lipinski definition) is 2. The van der Waals surface area contributed by atoms with E-state index >= 15 is 0 Å². The van der Waals surface area contributed by atoms with E-state index in [1.807, 2.05) is 0 Å². The molecular weight excluding hydrogens is 178 g/mol. The van der Waals surface area contributed by atoms with Crippen molar-refractivity contribution in [3.8, 4) is 0 Å². The van der Waals surface area contributed by atoms with Gasteiger partial charge in [-0.3, -0.25) is 0 Å².